The molecule has 2 aromatic rings. The Morgan fingerprint density at radius 1 is 1.29 bits per heavy atom. The number of anilines is 1. The number of nitrogens with one attached hydrogen (secondary N) is 1. The number of aromatic nitrogens is 2. The molecule has 1 saturated heterocycles. The van der Waals surface area contributed by atoms with E-state index in [0.717, 1.165) is 37.1 Å². The zero-order valence-corrected chi connectivity index (χ0v) is 16.9. The zero-order chi connectivity index (χ0) is 20.1. The van der Waals surface area contributed by atoms with Gasteiger partial charge in [0, 0.05) is 45.1 Å². The highest BCUT2D eigenvalue weighted by atomic mass is 16.2. The van der Waals surface area contributed by atoms with Crippen molar-refractivity contribution in [2.45, 2.75) is 38.8 Å². The molecule has 2 aromatic heterocycles. The first-order valence-corrected chi connectivity index (χ1v) is 9.78. The fourth-order valence-electron chi connectivity index (χ4n) is 3.66. The summed E-state index contributed by atoms with van der Waals surface area (Å²) in [6.45, 7) is 4.01. The van der Waals surface area contributed by atoms with Gasteiger partial charge in [0.2, 0.25) is 0 Å². The summed E-state index contributed by atoms with van der Waals surface area (Å²) in [6, 6.07) is 8.02. The molecule has 3 rings (SSSR count). The first-order chi connectivity index (χ1) is 13.5. The van der Waals surface area contributed by atoms with Crippen LogP contribution in [0.2, 0.25) is 0 Å². The van der Waals surface area contributed by atoms with Crippen molar-refractivity contribution in [3.8, 4) is 0 Å². The van der Waals surface area contributed by atoms with Gasteiger partial charge in [-0.2, -0.15) is 0 Å². The van der Waals surface area contributed by atoms with Gasteiger partial charge in [-0.3, -0.25) is 14.7 Å². The van der Waals surface area contributed by atoms with Crippen molar-refractivity contribution >= 4 is 11.7 Å². The van der Waals surface area contributed by atoms with Crippen LogP contribution < -0.4 is 10.9 Å². The highest BCUT2D eigenvalue weighted by molar-refractivity contribution is 5.89. The number of pyridine rings is 2. The van der Waals surface area contributed by atoms with E-state index in [4.69, 9.17) is 0 Å². The van der Waals surface area contributed by atoms with Crippen molar-refractivity contribution in [2.75, 3.05) is 25.5 Å². The summed E-state index contributed by atoms with van der Waals surface area (Å²) in [7, 11) is 3.80. The first-order valence-electron chi connectivity index (χ1n) is 9.78. The molecule has 0 aliphatic carbocycles. The van der Waals surface area contributed by atoms with Crippen LogP contribution in [0.15, 0.2) is 41.5 Å². The number of aryl methyl sites for hydroxylation is 2. The number of nitrogens with zero attached hydrogens (tertiary/aromatic N) is 4. The number of hydrogen-bond acceptors (Lipinski definition) is 4. The average molecular weight is 383 g/mol. The Balaban J connectivity index is 1.60. The van der Waals surface area contributed by atoms with E-state index in [0.29, 0.717) is 24.8 Å². The summed E-state index contributed by atoms with van der Waals surface area (Å²) in [5.74, 6) is 0. The first kappa shape index (κ1) is 20.1. The molecule has 3 heterocycles. The maximum atomic E-state index is 12.7. The van der Waals surface area contributed by atoms with E-state index in [-0.39, 0.29) is 11.6 Å². The summed E-state index contributed by atoms with van der Waals surface area (Å²) < 4.78 is 1.48. The van der Waals surface area contributed by atoms with E-state index < -0.39 is 0 Å². The molecule has 7 nitrogen and oxygen atoms in total. The highest BCUT2D eigenvalue weighted by Gasteiger charge is 2.24. The second kappa shape index (κ2) is 9.01. The van der Waals surface area contributed by atoms with Crippen molar-refractivity contribution in [3.63, 3.8) is 0 Å². The van der Waals surface area contributed by atoms with Gasteiger partial charge >= 0.3 is 6.03 Å². The van der Waals surface area contributed by atoms with Crippen molar-refractivity contribution in [1.29, 1.82) is 0 Å². The smallest absolute Gasteiger partial charge is 0.322 e. The van der Waals surface area contributed by atoms with Gasteiger partial charge in [0.1, 0.15) is 5.69 Å². The molecule has 150 valence electrons. The molecule has 0 bridgehead atoms. The summed E-state index contributed by atoms with van der Waals surface area (Å²) in [5, 5.41) is 2.83. The number of carbonyl (C=O) groups is 1. The largest absolute Gasteiger partial charge is 0.324 e. The van der Waals surface area contributed by atoms with Crippen LogP contribution >= 0.6 is 0 Å². The van der Waals surface area contributed by atoms with Crippen LogP contribution in [0, 0.1) is 6.92 Å². The minimum absolute atomic E-state index is 0.184. The SMILES string of the molecule is Cc1ccn(C)c(=O)c1NC(=O)N1CCCC(N(C)Cc2ccccn2)CC1. The molecule has 0 spiro atoms. The number of carbonyl (C=O) groups excluding carboxylic acids is 1. The molecule has 1 unspecified atom stereocenters. The maximum absolute atomic E-state index is 12.7. The minimum Gasteiger partial charge on any atom is -0.324 e. The third-order valence-electron chi connectivity index (χ3n) is 5.45. The Labute approximate surface area is 166 Å². The molecule has 1 fully saturated rings. The molecule has 7 heteroatoms. The number of rotatable bonds is 4. The van der Waals surface area contributed by atoms with Crippen molar-refractivity contribution in [3.05, 3.63) is 58.3 Å². The predicted molar refractivity (Wildman–Crippen MR) is 110 cm³/mol. The molecule has 1 aliphatic heterocycles. The number of amides is 2. The van der Waals surface area contributed by atoms with Crippen LogP contribution in [0.1, 0.15) is 30.5 Å². The zero-order valence-electron chi connectivity index (χ0n) is 16.9. The van der Waals surface area contributed by atoms with Crippen molar-refractivity contribution in [1.82, 2.24) is 19.4 Å². The summed E-state index contributed by atoms with van der Waals surface area (Å²) >= 11 is 0. The van der Waals surface area contributed by atoms with E-state index in [1.807, 2.05) is 42.3 Å². The third kappa shape index (κ3) is 4.78. The van der Waals surface area contributed by atoms with Gasteiger partial charge in [-0.1, -0.05) is 6.07 Å². The third-order valence-corrected chi connectivity index (χ3v) is 5.45. The van der Waals surface area contributed by atoms with E-state index in [2.05, 4.69) is 22.2 Å². The summed E-state index contributed by atoms with van der Waals surface area (Å²) in [5.41, 5.74) is 2.01. The van der Waals surface area contributed by atoms with Crippen molar-refractivity contribution < 1.29 is 4.79 Å². The Morgan fingerprint density at radius 2 is 2.11 bits per heavy atom. The van der Waals surface area contributed by atoms with Gasteiger partial charge in [-0.05, 0) is 57.0 Å². The van der Waals surface area contributed by atoms with E-state index in [1.165, 1.54) is 4.57 Å². The summed E-state index contributed by atoms with van der Waals surface area (Å²) in [4.78, 5) is 33.6. The molecule has 0 radical (unpaired) electrons. The predicted octanol–water partition coefficient (Wildman–Crippen LogP) is 2.61. The number of urea groups is 1. The Hall–Kier alpha value is -2.67. The minimum atomic E-state index is -0.195. The molecule has 28 heavy (non-hydrogen) atoms. The molecular formula is C21H29N5O2. The van der Waals surface area contributed by atoms with Crippen LogP contribution in [0.3, 0.4) is 0 Å². The van der Waals surface area contributed by atoms with Crippen LogP contribution in [0.5, 0.6) is 0 Å². The standard InChI is InChI=1S/C21H29N5O2/c1-16-9-13-24(2)20(27)19(16)23-21(28)26-12-6-8-18(10-14-26)25(3)15-17-7-4-5-11-22-17/h4-5,7,9,11,13,18H,6,8,10,12,14-15H2,1-3H3,(H,23,28). The van der Waals surface area contributed by atoms with Crippen molar-refractivity contribution in [2.24, 2.45) is 7.05 Å². The quantitative estimate of drug-likeness (QED) is 0.881. The molecule has 0 saturated carbocycles. The molecule has 1 N–H and O–H groups in total. The second-order valence-corrected chi connectivity index (χ2v) is 7.53. The molecule has 1 atom stereocenters. The van der Waals surface area contributed by atoms with Gasteiger partial charge in [0.15, 0.2) is 0 Å². The molecular weight excluding hydrogens is 354 g/mol. The van der Waals surface area contributed by atoms with Crippen LogP contribution in [-0.4, -0.2) is 51.6 Å². The lowest BCUT2D eigenvalue weighted by Gasteiger charge is -2.27. The lowest BCUT2D eigenvalue weighted by atomic mass is 10.1. The summed E-state index contributed by atoms with van der Waals surface area (Å²) in [6.07, 6.45) is 6.41. The highest BCUT2D eigenvalue weighted by Crippen LogP contribution is 2.18. The van der Waals surface area contributed by atoms with Gasteiger partial charge in [0.25, 0.3) is 5.56 Å². The fourth-order valence-corrected chi connectivity index (χ4v) is 3.66. The van der Waals surface area contributed by atoms with Crippen LogP contribution in [0.25, 0.3) is 0 Å². The normalized spacial score (nSPS) is 17.4. The number of likely N-dealkylation sites (tertiary alicyclic amines) is 1. The fraction of sp³-hybridized carbons (Fsp3) is 0.476. The van der Waals surface area contributed by atoms with Gasteiger partial charge < -0.3 is 14.8 Å². The lowest BCUT2D eigenvalue weighted by molar-refractivity contribution is 0.200. The van der Waals surface area contributed by atoms with Crippen LogP contribution in [0.4, 0.5) is 10.5 Å². The van der Waals surface area contributed by atoms with E-state index in [9.17, 15) is 9.59 Å². The molecule has 1 aliphatic rings. The van der Waals surface area contributed by atoms with E-state index in [1.54, 1.807) is 13.2 Å². The van der Waals surface area contributed by atoms with E-state index >= 15 is 0 Å². The lowest BCUT2D eigenvalue weighted by Crippen LogP contribution is -2.38. The maximum Gasteiger partial charge on any atom is 0.322 e. The molecule has 2 amide bonds. The Kier molecular flexibility index (Phi) is 6.46. The topological polar surface area (TPSA) is 70.5 Å². The van der Waals surface area contributed by atoms with Gasteiger partial charge in [-0.15, -0.1) is 0 Å². The Morgan fingerprint density at radius 3 is 2.86 bits per heavy atom. The molecule has 0 aromatic carbocycles. The number of hydrogen-bond donors (Lipinski definition) is 1. The average Bonchev–Trinajstić information content (AvgIpc) is 2.95. The Bertz CT molecular complexity index is 865. The van der Waals surface area contributed by atoms with Crippen LogP contribution in [-0.2, 0) is 13.6 Å². The van der Waals surface area contributed by atoms with Gasteiger partial charge in [0.05, 0.1) is 5.69 Å². The monoisotopic (exact) mass is 383 g/mol. The second-order valence-electron chi connectivity index (χ2n) is 7.53. The van der Waals surface area contributed by atoms with Gasteiger partial charge in [-0.25, -0.2) is 4.79 Å².